The van der Waals surface area contributed by atoms with E-state index in [-0.39, 0.29) is 24.0 Å². The summed E-state index contributed by atoms with van der Waals surface area (Å²) in [6.07, 6.45) is 8.26. The number of ether oxygens (including phenoxy) is 1. The first kappa shape index (κ1) is 19.1. The van der Waals surface area contributed by atoms with Crippen molar-refractivity contribution in [2.45, 2.75) is 70.0 Å². The van der Waals surface area contributed by atoms with E-state index in [1.54, 1.807) is 12.0 Å². The van der Waals surface area contributed by atoms with E-state index in [0.29, 0.717) is 19.6 Å². The van der Waals surface area contributed by atoms with E-state index < -0.39 is 0 Å². The van der Waals surface area contributed by atoms with Gasteiger partial charge in [-0.1, -0.05) is 25.3 Å². The second kappa shape index (κ2) is 8.41. The number of nitrogens with one attached hydrogen (secondary N) is 1. The highest BCUT2D eigenvalue weighted by molar-refractivity contribution is 5.88. The van der Waals surface area contributed by atoms with Crippen LogP contribution in [0.25, 0.3) is 0 Å². The van der Waals surface area contributed by atoms with Crippen molar-refractivity contribution >= 4 is 11.9 Å². The molecule has 3 aliphatic rings. The summed E-state index contributed by atoms with van der Waals surface area (Å²) in [6.45, 7) is 1.99. The van der Waals surface area contributed by atoms with Gasteiger partial charge in [-0.2, -0.15) is 0 Å². The van der Waals surface area contributed by atoms with Gasteiger partial charge in [0.05, 0.1) is 7.11 Å². The van der Waals surface area contributed by atoms with Crippen LogP contribution in [0.5, 0.6) is 5.75 Å². The first-order valence-corrected chi connectivity index (χ1v) is 10.7. The first-order chi connectivity index (χ1) is 13.7. The average Bonchev–Trinajstić information content (AvgIpc) is 3.23. The minimum absolute atomic E-state index is 0.0539. The van der Waals surface area contributed by atoms with Gasteiger partial charge in [0, 0.05) is 25.7 Å². The largest absolute Gasteiger partial charge is 0.497 e. The molecular formula is C22H31N3O3. The molecule has 28 heavy (non-hydrogen) atoms. The Balaban J connectivity index is 1.41. The maximum Gasteiger partial charge on any atom is 0.318 e. The van der Waals surface area contributed by atoms with Crippen LogP contribution < -0.4 is 10.1 Å². The van der Waals surface area contributed by atoms with Gasteiger partial charge in [-0.25, -0.2) is 4.79 Å². The van der Waals surface area contributed by atoms with Gasteiger partial charge in [0.25, 0.3) is 0 Å². The number of methoxy groups -OCH3 is 1. The second-order valence-corrected chi connectivity index (χ2v) is 8.28. The van der Waals surface area contributed by atoms with E-state index >= 15 is 0 Å². The highest BCUT2D eigenvalue weighted by Gasteiger charge is 2.38. The van der Waals surface area contributed by atoms with Crippen LogP contribution in [0.1, 0.15) is 56.1 Å². The fourth-order valence-corrected chi connectivity index (χ4v) is 4.83. The Morgan fingerprint density at radius 2 is 1.86 bits per heavy atom. The molecule has 1 atom stereocenters. The van der Waals surface area contributed by atoms with Crippen LogP contribution in [-0.2, 0) is 17.8 Å². The van der Waals surface area contributed by atoms with Gasteiger partial charge >= 0.3 is 6.03 Å². The van der Waals surface area contributed by atoms with Crippen LogP contribution in [0.2, 0.25) is 0 Å². The number of hydrogen-bond donors (Lipinski definition) is 1. The van der Waals surface area contributed by atoms with Gasteiger partial charge < -0.3 is 19.9 Å². The second-order valence-electron chi connectivity index (χ2n) is 8.28. The highest BCUT2D eigenvalue weighted by atomic mass is 16.5. The van der Waals surface area contributed by atoms with Crippen molar-refractivity contribution in [2.75, 3.05) is 20.2 Å². The van der Waals surface area contributed by atoms with Crippen LogP contribution in [0.4, 0.5) is 4.79 Å². The molecule has 2 fully saturated rings. The molecule has 2 aliphatic heterocycles. The van der Waals surface area contributed by atoms with E-state index in [9.17, 15) is 9.59 Å². The van der Waals surface area contributed by atoms with Crippen molar-refractivity contribution in [1.82, 2.24) is 15.1 Å². The number of likely N-dealkylation sites (tertiary alicyclic amines) is 1. The summed E-state index contributed by atoms with van der Waals surface area (Å²) in [5.74, 6) is 0.909. The molecule has 6 heteroatoms. The zero-order valence-electron chi connectivity index (χ0n) is 16.8. The Kier molecular flexibility index (Phi) is 5.74. The Bertz CT molecular complexity index is 730. The normalized spacial score (nSPS) is 22.7. The number of urea groups is 1. The summed E-state index contributed by atoms with van der Waals surface area (Å²) in [5, 5.41) is 3.18. The number of carbonyl (C=O) groups is 2. The van der Waals surface area contributed by atoms with E-state index in [4.69, 9.17) is 4.74 Å². The Morgan fingerprint density at radius 1 is 1.04 bits per heavy atom. The van der Waals surface area contributed by atoms with Gasteiger partial charge in [-0.3, -0.25) is 4.79 Å². The van der Waals surface area contributed by atoms with Crippen molar-refractivity contribution in [3.05, 3.63) is 29.3 Å². The lowest BCUT2D eigenvalue weighted by atomic mass is 9.96. The van der Waals surface area contributed by atoms with Crippen molar-refractivity contribution in [1.29, 1.82) is 0 Å². The number of fused-ring (bicyclic) bond motifs is 1. The molecular weight excluding hydrogens is 354 g/mol. The standard InChI is InChI=1S/C22H31N3O3/c1-28-19-10-9-16-11-13-24(15-17(16)14-19)21(26)20-8-5-12-25(20)22(27)23-18-6-3-2-4-7-18/h9-10,14,18,20H,2-8,11-13,15H2,1H3,(H,23,27)/t20-/m1/s1. The van der Waals surface area contributed by atoms with Crippen molar-refractivity contribution in [3.8, 4) is 5.75 Å². The molecule has 1 aromatic carbocycles. The first-order valence-electron chi connectivity index (χ1n) is 10.7. The van der Waals surface area contributed by atoms with E-state index in [1.165, 1.54) is 24.8 Å². The summed E-state index contributed by atoms with van der Waals surface area (Å²) in [6, 6.07) is 5.99. The number of benzene rings is 1. The SMILES string of the molecule is COc1ccc2c(c1)CN(C(=O)[C@H]1CCCN1C(=O)NC1CCCCC1)CC2. The van der Waals surface area contributed by atoms with Gasteiger partial charge in [0.1, 0.15) is 11.8 Å². The lowest BCUT2D eigenvalue weighted by molar-refractivity contribution is -0.136. The molecule has 0 radical (unpaired) electrons. The van der Waals surface area contributed by atoms with Crippen molar-refractivity contribution < 1.29 is 14.3 Å². The van der Waals surface area contributed by atoms with E-state index in [0.717, 1.165) is 43.4 Å². The number of rotatable bonds is 3. The molecule has 0 bridgehead atoms. The molecule has 1 aliphatic carbocycles. The molecule has 1 saturated heterocycles. The lowest BCUT2D eigenvalue weighted by Crippen LogP contribution is -2.53. The molecule has 4 rings (SSSR count). The molecule has 3 amide bonds. The Morgan fingerprint density at radius 3 is 2.64 bits per heavy atom. The van der Waals surface area contributed by atoms with Crippen molar-refractivity contribution in [2.24, 2.45) is 0 Å². The van der Waals surface area contributed by atoms with Crippen LogP contribution in [0.15, 0.2) is 18.2 Å². The summed E-state index contributed by atoms with van der Waals surface area (Å²) < 4.78 is 5.33. The number of hydrogen-bond acceptors (Lipinski definition) is 3. The molecule has 1 aromatic rings. The van der Waals surface area contributed by atoms with E-state index in [2.05, 4.69) is 11.4 Å². The molecule has 6 nitrogen and oxygen atoms in total. The minimum atomic E-state index is -0.323. The summed E-state index contributed by atoms with van der Waals surface area (Å²) >= 11 is 0. The third-order valence-corrected chi connectivity index (χ3v) is 6.47. The quantitative estimate of drug-likeness (QED) is 0.870. The van der Waals surface area contributed by atoms with E-state index in [1.807, 2.05) is 17.0 Å². The fourth-order valence-electron chi connectivity index (χ4n) is 4.83. The van der Waals surface area contributed by atoms with Crippen LogP contribution >= 0.6 is 0 Å². The topological polar surface area (TPSA) is 61.9 Å². The smallest absolute Gasteiger partial charge is 0.318 e. The zero-order chi connectivity index (χ0) is 19.5. The van der Waals surface area contributed by atoms with Crippen LogP contribution in [0.3, 0.4) is 0 Å². The molecule has 0 spiro atoms. The molecule has 152 valence electrons. The van der Waals surface area contributed by atoms with Gasteiger partial charge in [-0.15, -0.1) is 0 Å². The predicted molar refractivity (Wildman–Crippen MR) is 107 cm³/mol. The van der Waals surface area contributed by atoms with Crippen LogP contribution in [0, 0.1) is 0 Å². The number of amides is 3. The average molecular weight is 386 g/mol. The monoisotopic (exact) mass is 385 g/mol. The highest BCUT2D eigenvalue weighted by Crippen LogP contribution is 2.27. The molecule has 1 saturated carbocycles. The van der Waals surface area contributed by atoms with Gasteiger partial charge in [-0.05, 0) is 55.4 Å². The predicted octanol–water partition coefficient (Wildman–Crippen LogP) is 3.09. The summed E-state index contributed by atoms with van der Waals surface area (Å²) in [4.78, 5) is 29.8. The third kappa shape index (κ3) is 3.96. The molecule has 1 N–H and O–H groups in total. The molecule has 0 aromatic heterocycles. The third-order valence-electron chi connectivity index (χ3n) is 6.47. The molecule has 2 heterocycles. The van der Waals surface area contributed by atoms with Crippen LogP contribution in [-0.4, -0.2) is 54.0 Å². The van der Waals surface area contributed by atoms with Gasteiger partial charge in [0.15, 0.2) is 0 Å². The molecule has 0 unspecified atom stereocenters. The zero-order valence-corrected chi connectivity index (χ0v) is 16.8. The Hall–Kier alpha value is -2.24. The van der Waals surface area contributed by atoms with Crippen molar-refractivity contribution in [3.63, 3.8) is 0 Å². The van der Waals surface area contributed by atoms with Gasteiger partial charge in [0.2, 0.25) is 5.91 Å². The summed E-state index contributed by atoms with van der Waals surface area (Å²) in [5.41, 5.74) is 2.43. The minimum Gasteiger partial charge on any atom is -0.497 e. The fraction of sp³-hybridized carbons (Fsp3) is 0.636. The Labute approximate surface area is 167 Å². The summed E-state index contributed by atoms with van der Waals surface area (Å²) in [7, 11) is 1.66. The maximum atomic E-state index is 13.2. The lowest BCUT2D eigenvalue weighted by Gasteiger charge is -2.34. The number of nitrogens with zero attached hydrogens (tertiary/aromatic N) is 2. The number of carbonyl (C=O) groups excluding carboxylic acids is 2. The maximum absolute atomic E-state index is 13.2.